The molecule has 2 aromatic rings. The Morgan fingerprint density at radius 3 is 2.74 bits per heavy atom. The molecule has 0 spiro atoms. The SMILES string of the molecule is CNc1cc(Nc2cccc(C(=O)OC)c2)ncn1. The fourth-order valence-corrected chi connectivity index (χ4v) is 1.55. The minimum Gasteiger partial charge on any atom is -0.465 e. The van der Waals surface area contributed by atoms with Crippen LogP contribution in [0.15, 0.2) is 36.7 Å². The Balaban J connectivity index is 2.20. The maximum atomic E-state index is 11.4. The maximum absolute atomic E-state index is 11.4. The number of carbonyl (C=O) groups is 1. The molecule has 0 aliphatic carbocycles. The van der Waals surface area contributed by atoms with Gasteiger partial charge < -0.3 is 15.4 Å². The molecule has 1 aromatic carbocycles. The highest BCUT2D eigenvalue weighted by Gasteiger charge is 2.06. The smallest absolute Gasteiger partial charge is 0.337 e. The number of anilines is 3. The number of hydrogen-bond donors (Lipinski definition) is 2. The molecule has 6 nitrogen and oxygen atoms in total. The van der Waals surface area contributed by atoms with Crippen LogP contribution in [0.2, 0.25) is 0 Å². The Hall–Kier alpha value is -2.63. The number of aromatic nitrogens is 2. The number of carbonyl (C=O) groups excluding carboxylic acids is 1. The Kier molecular flexibility index (Phi) is 3.92. The van der Waals surface area contributed by atoms with E-state index >= 15 is 0 Å². The van der Waals surface area contributed by atoms with Crippen molar-refractivity contribution in [3.8, 4) is 0 Å². The van der Waals surface area contributed by atoms with Crippen molar-refractivity contribution >= 4 is 23.3 Å². The number of hydrogen-bond acceptors (Lipinski definition) is 6. The standard InChI is InChI=1S/C13H14N4O2/c1-14-11-7-12(16-8-15-11)17-10-5-3-4-9(6-10)13(18)19-2/h3-8H,1-2H3,(H2,14,15,16,17). The molecule has 0 amide bonds. The van der Waals surface area contributed by atoms with Gasteiger partial charge in [-0.1, -0.05) is 6.07 Å². The van der Waals surface area contributed by atoms with Gasteiger partial charge in [0.05, 0.1) is 12.7 Å². The maximum Gasteiger partial charge on any atom is 0.337 e. The minimum absolute atomic E-state index is 0.373. The summed E-state index contributed by atoms with van der Waals surface area (Å²) < 4.78 is 4.68. The fourth-order valence-electron chi connectivity index (χ4n) is 1.55. The van der Waals surface area contributed by atoms with Crippen LogP contribution in [0.25, 0.3) is 0 Å². The van der Waals surface area contributed by atoms with E-state index in [0.29, 0.717) is 17.2 Å². The first kappa shape index (κ1) is 12.8. The lowest BCUT2D eigenvalue weighted by Gasteiger charge is -2.07. The first-order valence-electron chi connectivity index (χ1n) is 5.68. The normalized spacial score (nSPS) is 9.79. The number of nitrogens with zero attached hydrogens (tertiary/aromatic N) is 2. The van der Waals surface area contributed by atoms with Gasteiger partial charge in [0, 0.05) is 18.8 Å². The van der Waals surface area contributed by atoms with Gasteiger partial charge in [-0.2, -0.15) is 0 Å². The highest BCUT2D eigenvalue weighted by Crippen LogP contribution is 2.17. The third kappa shape index (κ3) is 3.19. The van der Waals surface area contributed by atoms with Crippen LogP contribution >= 0.6 is 0 Å². The van der Waals surface area contributed by atoms with E-state index < -0.39 is 0 Å². The van der Waals surface area contributed by atoms with E-state index in [0.717, 1.165) is 5.69 Å². The van der Waals surface area contributed by atoms with Crippen molar-refractivity contribution in [2.45, 2.75) is 0 Å². The molecule has 1 aromatic heterocycles. The summed E-state index contributed by atoms with van der Waals surface area (Å²) in [6.45, 7) is 0. The van der Waals surface area contributed by atoms with Crippen molar-refractivity contribution in [3.05, 3.63) is 42.2 Å². The van der Waals surface area contributed by atoms with E-state index in [1.54, 1.807) is 31.3 Å². The van der Waals surface area contributed by atoms with Crippen LogP contribution in [0.4, 0.5) is 17.3 Å². The Morgan fingerprint density at radius 2 is 2.00 bits per heavy atom. The predicted molar refractivity (Wildman–Crippen MR) is 72.6 cm³/mol. The Bertz CT molecular complexity index is 586. The van der Waals surface area contributed by atoms with Crippen LogP contribution in [0.1, 0.15) is 10.4 Å². The summed E-state index contributed by atoms with van der Waals surface area (Å²) in [5, 5.41) is 6.03. The van der Waals surface area contributed by atoms with E-state index in [-0.39, 0.29) is 5.97 Å². The summed E-state index contributed by atoms with van der Waals surface area (Å²) in [6, 6.07) is 8.77. The van der Waals surface area contributed by atoms with Gasteiger partial charge >= 0.3 is 5.97 Å². The lowest BCUT2D eigenvalue weighted by atomic mass is 10.2. The molecule has 0 bridgehead atoms. The van der Waals surface area contributed by atoms with Crippen LogP contribution in [-0.2, 0) is 4.74 Å². The zero-order valence-electron chi connectivity index (χ0n) is 10.7. The first-order chi connectivity index (χ1) is 9.22. The number of benzene rings is 1. The number of methoxy groups -OCH3 is 1. The summed E-state index contributed by atoms with van der Waals surface area (Å²) >= 11 is 0. The fraction of sp³-hybridized carbons (Fsp3) is 0.154. The van der Waals surface area contributed by atoms with Gasteiger partial charge in [-0.25, -0.2) is 14.8 Å². The van der Waals surface area contributed by atoms with E-state index in [9.17, 15) is 4.79 Å². The van der Waals surface area contributed by atoms with Crippen molar-refractivity contribution in [2.24, 2.45) is 0 Å². The number of nitrogens with one attached hydrogen (secondary N) is 2. The van der Waals surface area contributed by atoms with Crippen molar-refractivity contribution in [3.63, 3.8) is 0 Å². The van der Waals surface area contributed by atoms with Gasteiger partial charge in [0.2, 0.25) is 0 Å². The molecule has 19 heavy (non-hydrogen) atoms. The molecular weight excluding hydrogens is 244 g/mol. The largest absolute Gasteiger partial charge is 0.465 e. The third-order valence-electron chi connectivity index (χ3n) is 2.48. The lowest BCUT2D eigenvalue weighted by Crippen LogP contribution is -2.02. The van der Waals surface area contributed by atoms with Crippen LogP contribution < -0.4 is 10.6 Å². The first-order valence-corrected chi connectivity index (χ1v) is 5.68. The number of esters is 1. The van der Waals surface area contributed by atoms with Crippen molar-refractivity contribution in [2.75, 3.05) is 24.8 Å². The molecule has 0 atom stereocenters. The van der Waals surface area contributed by atoms with Crippen LogP contribution in [0.5, 0.6) is 0 Å². The molecule has 0 aliphatic heterocycles. The molecule has 2 N–H and O–H groups in total. The molecule has 1 heterocycles. The highest BCUT2D eigenvalue weighted by molar-refractivity contribution is 5.90. The van der Waals surface area contributed by atoms with Gasteiger partial charge in [-0.05, 0) is 18.2 Å². The van der Waals surface area contributed by atoms with Gasteiger partial charge in [-0.3, -0.25) is 0 Å². The molecule has 0 aliphatic rings. The second-order valence-corrected chi connectivity index (χ2v) is 3.74. The lowest BCUT2D eigenvalue weighted by molar-refractivity contribution is 0.0601. The third-order valence-corrected chi connectivity index (χ3v) is 2.48. The summed E-state index contributed by atoms with van der Waals surface area (Å²) in [7, 11) is 3.13. The van der Waals surface area contributed by atoms with E-state index in [2.05, 4.69) is 25.3 Å². The molecule has 0 saturated heterocycles. The molecular formula is C13H14N4O2. The van der Waals surface area contributed by atoms with Crippen molar-refractivity contribution < 1.29 is 9.53 Å². The zero-order valence-corrected chi connectivity index (χ0v) is 10.7. The Morgan fingerprint density at radius 1 is 1.21 bits per heavy atom. The van der Waals surface area contributed by atoms with Crippen molar-refractivity contribution in [1.82, 2.24) is 9.97 Å². The van der Waals surface area contributed by atoms with Gasteiger partial charge in [0.25, 0.3) is 0 Å². The number of ether oxygens (including phenoxy) is 1. The van der Waals surface area contributed by atoms with Crippen molar-refractivity contribution in [1.29, 1.82) is 0 Å². The minimum atomic E-state index is -0.373. The summed E-state index contributed by atoms with van der Waals surface area (Å²) in [5.41, 5.74) is 1.24. The summed E-state index contributed by atoms with van der Waals surface area (Å²) in [6.07, 6.45) is 1.46. The van der Waals surface area contributed by atoms with E-state index in [1.807, 2.05) is 6.07 Å². The molecule has 0 unspecified atom stereocenters. The highest BCUT2D eigenvalue weighted by atomic mass is 16.5. The average Bonchev–Trinajstić information content (AvgIpc) is 2.47. The topological polar surface area (TPSA) is 76.1 Å². The molecule has 6 heteroatoms. The van der Waals surface area contributed by atoms with Crippen LogP contribution in [0, 0.1) is 0 Å². The van der Waals surface area contributed by atoms with Crippen LogP contribution in [0.3, 0.4) is 0 Å². The number of rotatable bonds is 4. The van der Waals surface area contributed by atoms with Gasteiger partial charge in [-0.15, -0.1) is 0 Å². The zero-order chi connectivity index (χ0) is 13.7. The predicted octanol–water partition coefficient (Wildman–Crippen LogP) is 2.05. The van der Waals surface area contributed by atoms with Crippen LogP contribution in [-0.4, -0.2) is 30.1 Å². The second-order valence-electron chi connectivity index (χ2n) is 3.74. The summed E-state index contributed by atoms with van der Waals surface area (Å²) in [5.74, 6) is 0.977. The van der Waals surface area contributed by atoms with Gasteiger partial charge in [0.1, 0.15) is 18.0 Å². The molecule has 0 saturated carbocycles. The molecule has 0 fully saturated rings. The average molecular weight is 258 g/mol. The summed E-state index contributed by atoms with van der Waals surface area (Å²) in [4.78, 5) is 19.6. The van der Waals surface area contributed by atoms with E-state index in [4.69, 9.17) is 0 Å². The molecule has 98 valence electrons. The quantitative estimate of drug-likeness (QED) is 0.817. The van der Waals surface area contributed by atoms with Gasteiger partial charge in [0.15, 0.2) is 0 Å². The molecule has 0 radical (unpaired) electrons. The monoisotopic (exact) mass is 258 g/mol. The van der Waals surface area contributed by atoms with E-state index in [1.165, 1.54) is 13.4 Å². The Labute approximate surface area is 110 Å². The second kappa shape index (κ2) is 5.81. The molecule has 2 rings (SSSR count).